The Labute approximate surface area is 116 Å². The van der Waals surface area contributed by atoms with Crippen molar-refractivity contribution in [1.29, 1.82) is 0 Å². The molecule has 1 aliphatic carbocycles. The minimum absolute atomic E-state index is 0.556. The molecule has 0 amide bonds. The van der Waals surface area contributed by atoms with Gasteiger partial charge in [-0.1, -0.05) is 30.3 Å². The van der Waals surface area contributed by atoms with Crippen LogP contribution in [-0.4, -0.2) is 55.6 Å². The van der Waals surface area contributed by atoms with Crippen LogP contribution in [-0.2, 0) is 0 Å². The molecule has 2 aliphatic rings. The van der Waals surface area contributed by atoms with Gasteiger partial charge in [0.05, 0.1) is 0 Å². The molecule has 0 aromatic heterocycles. The molecule has 1 saturated carbocycles. The summed E-state index contributed by atoms with van der Waals surface area (Å²) >= 11 is 0. The quantitative estimate of drug-likeness (QED) is 0.869. The second-order valence-electron chi connectivity index (χ2n) is 5.95. The van der Waals surface area contributed by atoms with Crippen molar-refractivity contribution in [3.63, 3.8) is 0 Å². The number of nitrogens with zero attached hydrogens (tertiary/aromatic N) is 2. The van der Waals surface area contributed by atoms with Crippen LogP contribution in [0.5, 0.6) is 0 Å². The Kier molecular flexibility index (Phi) is 4.16. The molecule has 1 atom stereocenters. The lowest BCUT2D eigenvalue weighted by molar-refractivity contribution is 0.0906. The molecule has 3 heteroatoms. The molecule has 19 heavy (non-hydrogen) atoms. The minimum atomic E-state index is 0.556. The van der Waals surface area contributed by atoms with Crippen LogP contribution in [0.1, 0.15) is 24.4 Å². The zero-order valence-electron chi connectivity index (χ0n) is 11.9. The molecule has 3 rings (SSSR count). The topological polar surface area (TPSA) is 18.5 Å². The van der Waals surface area contributed by atoms with Gasteiger partial charge in [-0.3, -0.25) is 4.90 Å². The summed E-state index contributed by atoms with van der Waals surface area (Å²) in [5.74, 6) is 0. The summed E-state index contributed by atoms with van der Waals surface area (Å²) in [6.07, 6.45) is 2.76. The fraction of sp³-hybridized carbons (Fsp3) is 0.625. The summed E-state index contributed by atoms with van der Waals surface area (Å²) < 4.78 is 0. The Morgan fingerprint density at radius 1 is 1.16 bits per heavy atom. The normalized spacial score (nSPS) is 25.6. The average molecular weight is 259 g/mol. The van der Waals surface area contributed by atoms with Crippen LogP contribution >= 0.6 is 0 Å². The molecule has 1 unspecified atom stereocenters. The molecule has 0 bridgehead atoms. The van der Waals surface area contributed by atoms with Crippen LogP contribution in [0.4, 0.5) is 0 Å². The lowest BCUT2D eigenvalue weighted by Crippen LogP contribution is -2.48. The predicted octanol–water partition coefficient (Wildman–Crippen LogP) is 1.73. The van der Waals surface area contributed by atoms with Gasteiger partial charge in [-0.2, -0.15) is 0 Å². The Morgan fingerprint density at radius 2 is 1.95 bits per heavy atom. The van der Waals surface area contributed by atoms with Crippen molar-refractivity contribution in [3.8, 4) is 0 Å². The van der Waals surface area contributed by atoms with Crippen molar-refractivity contribution in [1.82, 2.24) is 15.1 Å². The fourth-order valence-electron chi connectivity index (χ4n) is 2.92. The zero-order chi connectivity index (χ0) is 13.1. The van der Waals surface area contributed by atoms with Crippen molar-refractivity contribution in [2.75, 3.05) is 39.8 Å². The van der Waals surface area contributed by atoms with Gasteiger partial charge in [0.15, 0.2) is 0 Å². The molecule has 104 valence electrons. The Hall–Kier alpha value is -0.900. The van der Waals surface area contributed by atoms with E-state index in [2.05, 4.69) is 52.5 Å². The molecule has 1 aromatic carbocycles. The third kappa shape index (κ3) is 3.56. The van der Waals surface area contributed by atoms with E-state index in [9.17, 15) is 0 Å². The summed E-state index contributed by atoms with van der Waals surface area (Å²) in [6, 6.07) is 12.3. The van der Waals surface area contributed by atoms with Gasteiger partial charge in [0.25, 0.3) is 0 Å². The first-order chi connectivity index (χ1) is 9.33. The zero-order valence-corrected chi connectivity index (χ0v) is 11.9. The van der Waals surface area contributed by atoms with Crippen molar-refractivity contribution in [2.24, 2.45) is 0 Å². The SMILES string of the molecule is CN1CCN(CCNC2CC2)C(c2ccccc2)C1. The second kappa shape index (κ2) is 6.04. The van der Waals surface area contributed by atoms with Gasteiger partial charge in [0.2, 0.25) is 0 Å². The van der Waals surface area contributed by atoms with Gasteiger partial charge in [0, 0.05) is 44.8 Å². The van der Waals surface area contributed by atoms with Crippen LogP contribution < -0.4 is 5.32 Å². The molecule has 0 radical (unpaired) electrons. The highest BCUT2D eigenvalue weighted by Crippen LogP contribution is 2.24. The third-order valence-corrected chi connectivity index (χ3v) is 4.29. The molecule has 1 heterocycles. The maximum absolute atomic E-state index is 3.63. The predicted molar refractivity (Wildman–Crippen MR) is 79.3 cm³/mol. The maximum Gasteiger partial charge on any atom is 0.0476 e. The van der Waals surface area contributed by atoms with Crippen molar-refractivity contribution in [2.45, 2.75) is 24.9 Å². The van der Waals surface area contributed by atoms with E-state index in [0.29, 0.717) is 6.04 Å². The fourth-order valence-corrected chi connectivity index (χ4v) is 2.92. The summed E-state index contributed by atoms with van der Waals surface area (Å²) in [5, 5.41) is 3.63. The minimum Gasteiger partial charge on any atom is -0.313 e. The average Bonchev–Trinajstić information content (AvgIpc) is 3.25. The first-order valence-corrected chi connectivity index (χ1v) is 7.54. The van der Waals surface area contributed by atoms with Gasteiger partial charge in [-0.25, -0.2) is 0 Å². The van der Waals surface area contributed by atoms with Gasteiger partial charge in [0.1, 0.15) is 0 Å². The highest BCUT2D eigenvalue weighted by Gasteiger charge is 2.27. The van der Waals surface area contributed by atoms with E-state index in [-0.39, 0.29) is 0 Å². The monoisotopic (exact) mass is 259 g/mol. The maximum atomic E-state index is 3.63. The van der Waals surface area contributed by atoms with Gasteiger partial charge in [-0.05, 0) is 25.5 Å². The second-order valence-corrected chi connectivity index (χ2v) is 5.95. The first kappa shape index (κ1) is 13.1. The largest absolute Gasteiger partial charge is 0.313 e. The van der Waals surface area contributed by atoms with E-state index in [0.717, 1.165) is 19.1 Å². The molecule has 1 aliphatic heterocycles. The smallest absolute Gasteiger partial charge is 0.0476 e. The highest BCUT2D eigenvalue weighted by atomic mass is 15.3. The van der Waals surface area contributed by atoms with Crippen LogP contribution in [0.25, 0.3) is 0 Å². The Bertz CT molecular complexity index is 388. The van der Waals surface area contributed by atoms with E-state index in [4.69, 9.17) is 0 Å². The van der Waals surface area contributed by atoms with Gasteiger partial charge in [-0.15, -0.1) is 0 Å². The molecular formula is C16H25N3. The van der Waals surface area contributed by atoms with Crippen LogP contribution in [0.3, 0.4) is 0 Å². The van der Waals surface area contributed by atoms with E-state index >= 15 is 0 Å². The summed E-state index contributed by atoms with van der Waals surface area (Å²) in [4.78, 5) is 5.09. The number of nitrogens with one attached hydrogen (secondary N) is 1. The molecule has 1 saturated heterocycles. The van der Waals surface area contributed by atoms with Crippen molar-refractivity contribution in [3.05, 3.63) is 35.9 Å². The molecule has 2 fully saturated rings. The summed E-state index contributed by atoms with van der Waals surface area (Å²) in [5.41, 5.74) is 1.46. The number of hydrogen-bond acceptors (Lipinski definition) is 3. The number of benzene rings is 1. The van der Waals surface area contributed by atoms with E-state index < -0.39 is 0 Å². The molecule has 1 N–H and O–H groups in total. The first-order valence-electron chi connectivity index (χ1n) is 7.54. The van der Waals surface area contributed by atoms with E-state index in [1.54, 1.807) is 0 Å². The van der Waals surface area contributed by atoms with Crippen LogP contribution in [0, 0.1) is 0 Å². The summed E-state index contributed by atoms with van der Waals surface area (Å²) in [7, 11) is 2.23. The molecule has 3 nitrogen and oxygen atoms in total. The molecule has 1 aromatic rings. The standard InChI is InChI=1S/C16H25N3/c1-18-11-12-19(10-9-17-15-7-8-15)16(13-18)14-5-3-2-4-6-14/h2-6,15-17H,7-13H2,1H3. The third-order valence-electron chi connectivity index (χ3n) is 4.29. The number of hydrogen-bond donors (Lipinski definition) is 1. The van der Waals surface area contributed by atoms with Crippen LogP contribution in [0.2, 0.25) is 0 Å². The number of rotatable bonds is 5. The van der Waals surface area contributed by atoms with E-state index in [1.165, 1.54) is 38.0 Å². The lowest BCUT2D eigenvalue weighted by Gasteiger charge is -2.40. The Morgan fingerprint density at radius 3 is 2.68 bits per heavy atom. The Balaban J connectivity index is 1.61. The van der Waals surface area contributed by atoms with Crippen molar-refractivity contribution >= 4 is 0 Å². The van der Waals surface area contributed by atoms with Gasteiger partial charge >= 0.3 is 0 Å². The highest BCUT2D eigenvalue weighted by molar-refractivity contribution is 5.20. The van der Waals surface area contributed by atoms with Crippen LogP contribution in [0.15, 0.2) is 30.3 Å². The molecular weight excluding hydrogens is 234 g/mol. The molecule has 0 spiro atoms. The lowest BCUT2D eigenvalue weighted by atomic mass is 10.0. The summed E-state index contributed by atoms with van der Waals surface area (Å²) in [6.45, 7) is 5.82. The van der Waals surface area contributed by atoms with Crippen molar-refractivity contribution < 1.29 is 0 Å². The number of piperazine rings is 1. The van der Waals surface area contributed by atoms with E-state index in [1.807, 2.05) is 0 Å². The van der Waals surface area contributed by atoms with Gasteiger partial charge < -0.3 is 10.2 Å². The number of likely N-dealkylation sites (N-methyl/N-ethyl adjacent to an activating group) is 1.